The fourth-order valence-corrected chi connectivity index (χ4v) is 1.61. The molecule has 1 aromatic carbocycles. The molecular weight excluding hydrogens is 214 g/mol. The van der Waals surface area contributed by atoms with Crippen molar-refractivity contribution in [2.45, 2.75) is 19.9 Å². The zero-order valence-electron chi connectivity index (χ0n) is 9.97. The molecule has 0 aliphatic heterocycles. The van der Waals surface area contributed by atoms with E-state index in [0.29, 0.717) is 6.54 Å². The lowest BCUT2D eigenvalue weighted by Crippen LogP contribution is -2.08. The molecule has 2 rings (SSSR count). The standard InChI is InChI=1S/C13H17N3O/c1-11-13(10-15-16(11)9-5-8-14)17-12-6-3-2-4-7-12/h2-4,6-7,10H,5,8-9,14H2,1H3. The Bertz CT molecular complexity index is 465. The van der Waals surface area contributed by atoms with Crippen molar-refractivity contribution < 1.29 is 4.74 Å². The quantitative estimate of drug-likeness (QED) is 0.859. The average molecular weight is 231 g/mol. The summed E-state index contributed by atoms with van der Waals surface area (Å²) in [6, 6.07) is 9.71. The second kappa shape index (κ2) is 5.50. The van der Waals surface area contributed by atoms with Gasteiger partial charge in [0.2, 0.25) is 0 Å². The first kappa shape index (κ1) is 11.7. The number of rotatable bonds is 5. The minimum atomic E-state index is 0.675. The third-order valence-electron chi connectivity index (χ3n) is 2.60. The van der Waals surface area contributed by atoms with Crippen molar-refractivity contribution in [2.24, 2.45) is 5.73 Å². The Hall–Kier alpha value is -1.81. The molecule has 0 aliphatic rings. The number of hydrogen-bond donors (Lipinski definition) is 1. The Morgan fingerprint density at radius 1 is 1.29 bits per heavy atom. The van der Waals surface area contributed by atoms with E-state index in [-0.39, 0.29) is 0 Å². The molecule has 0 saturated carbocycles. The molecule has 2 aromatic rings. The average Bonchev–Trinajstić information content (AvgIpc) is 2.70. The number of aryl methyl sites for hydroxylation is 1. The first-order valence-electron chi connectivity index (χ1n) is 5.76. The van der Waals surface area contributed by atoms with Crippen molar-refractivity contribution in [3.8, 4) is 11.5 Å². The van der Waals surface area contributed by atoms with E-state index in [1.54, 1.807) is 6.20 Å². The molecule has 2 N–H and O–H groups in total. The van der Waals surface area contributed by atoms with Crippen LogP contribution in [-0.2, 0) is 6.54 Å². The Balaban J connectivity index is 2.09. The predicted molar refractivity (Wildman–Crippen MR) is 67.2 cm³/mol. The Labute approximate surface area is 101 Å². The van der Waals surface area contributed by atoms with Crippen LogP contribution in [0.3, 0.4) is 0 Å². The Morgan fingerprint density at radius 3 is 2.76 bits per heavy atom. The summed E-state index contributed by atoms with van der Waals surface area (Å²) in [6.45, 7) is 3.51. The smallest absolute Gasteiger partial charge is 0.168 e. The van der Waals surface area contributed by atoms with Crippen molar-refractivity contribution in [3.63, 3.8) is 0 Å². The Morgan fingerprint density at radius 2 is 2.06 bits per heavy atom. The molecule has 17 heavy (non-hydrogen) atoms. The van der Waals surface area contributed by atoms with Gasteiger partial charge in [0.15, 0.2) is 5.75 Å². The summed E-state index contributed by atoms with van der Waals surface area (Å²) in [7, 11) is 0. The minimum Gasteiger partial charge on any atom is -0.454 e. The monoisotopic (exact) mass is 231 g/mol. The van der Waals surface area contributed by atoms with Crippen LogP contribution in [0.5, 0.6) is 11.5 Å². The van der Waals surface area contributed by atoms with Gasteiger partial charge in [-0.3, -0.25) is 4.68 Å². The molecule has 0 bridgehead atoms. The maximum atomic E-state index is 5.76. The third-order valence-corrected chi connectivity index (χ3v) is 2.60. The predicted octanol–water partition coefficient (Wildman–Crippen LogP) is 2.33. The summed E-state index contributed by atoms with van der Waals surface area (Å²) in [6.07, 6.45) is 2.67. The molecule has 1 aromatic heterocycles. The molecule has 0 amide bonds. The molecule has 0 aliphatic carbocycles. The third kappa shape index (κ3) is 2.85. The van der Waals surface area contributed by atoms with Crippen LogP contribution in [0.4, 0.5) is 0 Å². The fourth-order valence-electron chi connectivity index (χ4n) is 1.61. The van der Waals surface area contributed by atoms with Gasteiger partial charge in [0.05, 0.1) is 11.9 Å². The van der Waals surface area contributed by atoms with Crippen LogP contribution in [-0.4, -0.2) is 16.3 Å². The number of nitrogens with zero attached hydrogens (tertiary/aromatic N) is 2. The van der Waals surface area contributed by atoms with Crippen molar-refractivity contribution >= 4 is 0 Å². The van der Waals surface area contributed by atoms with Crippen LogP contribution in [0, 0.1) is 6.92 Å². The maximum absolute atomic E-state index is 5.76. The highest BCUT2D eigenvalue weighted by Crippen LogP contribution is 2.24. The van der Waals surface area contributed by atoms with Gasteiger partial charge < -0.3 is 10.5 Å². The number of hydrogen-bond acceptors (Lipinski definition) is 3. The van der Waals surface area contributed by atoms with Crippen LogP contribution >= 0.6 is 0 Å². The van der Waals surface area contributed by atoms with E-state index in [1.165, 1.54) is 0 Å². The van der Waals surface area contributed by atoms with Crippen LogP contribution < -0.4 is 10.5 Å². The summed E-state index contributed by atoms with van der Waals surface area (Å²) in [5.74, 6) is 1.63. The number of para-hydroxylation sites is 1. The topological polar surface area (TPSA) is 53.1 Å². The molecule has 0 fully saturated rings. The lowest BCUT2D eigenvalue weighted by atomic mass is 10.3. The molecule has 0 radical (unpaired) electrons. The van der Waals surface area contributed by atoms with E-state index in [0.717, 1.165) is 30.2 Å². The second-order valence-corrected chi connectivity index (χ2v) is 3.87. The van der Waals surface area contributed by atoms with Gasteiger partial charge in [-0.1, -0.05) is 18.2 Å². The van der Waals surface area contributed by atoms with Crippen LogP contribution in [0.25, 0.3) is 0 Å². The van der Waals surface area contributed by atoms with Crippen molar-refractivity contribution in [1.29, 1.82) is 0 Å². The summed E-state index contributed by atoms with van der Waals surface area (Å²) in [5.41, 5.74) is 6.51. The summed E-state index contributed by atoms with van der Waals surface area (Å²) in [5, 5.41) is 4.29. The Kier molecular flexibility index (Phi) is 3.77. The lowest BCUT2D eigenvalue weighted by molar-refractivity contribution is 0.474. The van der Waals surface area contributed by atoms with E-state index in [2.05, 4.69) is 5.10 Å². The second-order valence-electron chi connectivity index (χ2n) is 3.87. The zero-order valence-corrected chi connectivity index (χ0v) is 9.97. The van der Waals surface area contributed by atoms with Gasteiger partial charge in [-0.2, -0.15) is 5.10 Å². The van der Waals surface area contributed by atoms with Crippen molar-refractivity contribution in [3.05, 3.63) is 42.2 Å². The molecule has 0 unspecified atom stereocenters. The highest BCUT2D eigenvalue weighted by Gasteiger charge is 2.07. The van der Waals surface area contributed by atoms with E-state index in [1.807, 2.05) is 41.9 Å². The lowest BCUT2D eigenvalue weighted by Gasteiger charge is -2.06. The van der Waals surface area contributed by atoms with Gasteiger partial charge in [-0.25, -0.2) is 0 Å². The molecule has 0 saturated heterocycles. The summed E-state index contributed by atoms with van der Waals surface area (Å²) < 4.78 is 7.68. The van der Waals surface area contributed by atoms with Crippen molar-refractivity contribution in [2.75, 3.05) is 6.54 Å². The zero-order chi connectivity index (χ0) is 12.1. The number of aromatic nitrogens is 2. The van der Waals surface area contributed by atoms with Gasteiger partial charge in [0.25, 0.3) is 0 Å². The summed E-state index contributed by atoms with van der Waals surface area (Å²) >= 11 is 0. The first-order valence-corrected chi connectivity index (χ1v) is 5.76. The van der Waals surface area contributed by atoms with Crippen molar-refractivity contribution in [1.82, 2.24) is 9.78 Å². The van der Waals surface area contributed by atoms with Crippen LogP contribution in [0.2, 0.25) is 0 Å². The summed E-state index contributed by atoms with van der Waals surface area (Å²) in [4.78, 5) is 0. The van der Waals surface area contributed by atoms with Gasteiger partial charge in [-0.15, -0.1) is 0 Å². The van der Waals surface area contributed by atoms with Gasteiger partial charge in [0, 0.05) is 6.54 Å². The SMILES string of the molecule is Cc1c(Oc2ccccc2)cnn1CCCN. The molecular formula is C13H17N3O. The maximum Gasteiger partial charge on any atom is 0.168 e. The van der Waals surface area contributed by atoms with E-state index in [9.17, 15) is 0 Å². The number of nitrogens with two attached hydrogens (primary N) is 1. The van der Waals surface area contributed by atoms with Gasteiger partial charge >= 0.3 is 0 Å². The van der Waals surface area contributed by atoms with Gasteiger partial charge in [0.1, 0.15) is 5.75 Å². The van der Waals surface area contributed by atoms with Crippen LogP contribution in [0.1, 0.15) is 12.1 Å². The normalized spacial score (nSPS) is 10.5. The number of ether oxygens (including phenoxy) is 1. The largest absolute Gasteiger partial charge is 0.454 e. The minimum absolute atomic E-state index is 0.675. The van der Waals surface area contributed by atoms with E-state index in [4.69, 9.17) is 10.5 Å². The molecule has 1 heterocycles. The van der Waals surface area contributed by atoms with E-state index >= 15 is 0 Å². The molecule has 0 atom stereocenters. The number of benzene rings is 1. The highest BCUT2D eigenvalue weighted by molar-refractivity contribution is 5.31. The van der Waals surface area contributed by atoms with E-state index < -0.39 is 0 Å². The molecule has 4 nitrogen and oxygen atoms in total. The first-order chi connectivity index (χ1) is 8.31. The molecule has 0 spiro atoms. The van der Waals surface area contributed by atoms with Crippen LogP contribution in [0.15, 0.2) is 36.5 Å². The van der Waals surface area contributed by atoms with Gasteiger partial charge in [-0.05, 0) is 32.0 Å². The highest BCUT2D eigenvalue weighted by atomic mass is 16.5. The molecule has 4 heteroatoms. The molecule has 90 valence electrons. The fraction of sp³-hybridized carbons (Fsp3) is 0.308.